The van der Waals surface area contributed by atoms with Gasteiger partial charge < -0.3 is 0 Å². The summed E-state index contributed by atoms with van der Waals surface area (Å²) in [6.45, 7) is 1.14. The maximum absolute atomic E-state index is 13.7. The van der Waals surface area contributed by atoms with Crippen molar-refractivity contribution in [1.82, 2.24) is 0 Å². The highest BCUT2D eigenvalue weighted by Gasteiger charge is 2.35. The predicted molar refractivity (Wildman–Crippen MR) is 74.9 cm³/mol. The van der Waals surface area contributed by atoms with Gasteiger partial charge in [-0.05, 0) is 34.5 Å². The maximum atomic E-state index is 13.7. The molecule has 1 rings (SSSR count). The zero-order valence-corrected chi connectivity index (χ0v) is 13.8. The first-order valence-corrected chi connectivity index (χ1v) is 8.05. The second-order valence-electron chi connectivity index (χ2n) is 4.25. The molecule has 1 atom stereocenters. The van der Waals surface area contributed by atoms with Crippen molar-refractivity contribution in [3.63, 3.8) is 0 Å². The van der Waals surface area contributed by atoms with Crippen molar-refractivity contribution in [2.45, 2.75) is 30.6 Å². The van der Waals surface area contributed by atoms with Gasteiger partial charge in [0, 0.05) is 4.47 Å². The SMILES string of the molecule is CCC(=Nc1cc(S(=O)CC(F)(F)F)c(Br)cc1F)C(F)(F)F. The Morgan fingerprint density at radius 2 is 1.78 bits per heavy atom. The first-order chi connectivity index (χ1) is 10.3. The molecule has 11 heteroatoms. The van der Waals surface area contributed by atoms with Gasteiger partial charge in [-0.3, -0.25) is 4.21 Å². The molecule has 0 aromatic heterocycles. The number of aliphatic imine (C=N–C) groups is 1. The van der Waals surface area contributed by atoms with E-state index in [9.17, 15) is 34.9 Å². The molecule has 2 nitrogen and oxygen atoms in total. The molecule has 1 unspecified atom stereocenters. The summed E-state index contributed by atoms with van der Waals surface area (Å²) >= 11 is 2.74. The molecule has 0 saturated carbocycles. The van der Waals surface area contributed by atoms with Crippen molar-refractivity contribution in [1.29, 1.82) is 0 Å². The van der Waals surface area contributed by atoms with Gasteiger partial charge in [0.15, 0.2) is 0 Å². The number of rotatable bonds is 4. The highest BCUT2D eigenvalue weighted by atomic mass is 79.9. The van der Waals surface area contributed by atoms with Crippen LogP contribution in [0.2, 0.25) is 0 Å². The third-order valence-corrected chi connectivity index (χ3v) is 4.80. The molecule has 1 aromatic rings. The Balaban J connectivity index is 3.34. The fourth-order valence-electron chi connectivity index (χ4n) is 1.49. The number of halogens is 8. The molecule has 0 heterocycles. The summed E-state index contributed by atoms with van der Waals surface area (Å²) in [6.07, 6.45) is -10.1. The zero-order valence-electron chi connectivity index (χ0n) is 11.4. The summed E-state index contributed by atoms with van der Waals surface area (Å²) in [6, 6.07) is 1.24. The minimum atomic E-state index is -4.81. The van der Waals surface area contributed by atoms with E-state index in [4.69, 9.17) is 0 Å². The molecular formula is C12H9BrF7NOS. The first-order valence-electron chi connectivity index (χ1n) is 5.94. The van der Waals surface area contributed by atoms with Crippen LogP contribution in [0.3, 0.4) is 0 Å². The summed E-state index contributed by atoms with van der Waals surface area (Å²) in [4.78, 5) is 2.62. The Morgan fingerprint density at radius 3 is 2.22 bits per heavy atom. The Morgan fingerprint density at radius 1 is 1.22 bits per heavy atom. The second kappa shape index (κ2) is 7.29. The molecule has 0 aliphatic heterocycles. The lowest BCUT2D eigenvalue weighted by Crippen LogP contribution is -2.21. The van der Waals surface area contributed by atoms with E-state index < -0.39 is 57.4 Å². The van der Waals surface area contributed by atoms with Crippen molar-refractivity contribution in [3.8, 4) is 0 Å². The quantitative estimate of drug-likeness (QED) is 0.473. The van der Waals surface area contributed by atoms with E-state index >= 15 is 0 Å². The minimum Gasteiger partial charge on any atom is -0.254 e. The largest absolute Gasteiger partial charge is 0.429 e. The number of alkyl halides is 6. The summed E-state index contributed by atoms with van der Waals surface area (Å²) in [5.41, 5.74) is -2.13. The highest BCUT2D eigenvalue weighted by Crippen LogP contribution is 2.32. The van der Waals surface area contributed by atoms with Gasteiger partial charge in [0.2, 0.25) is 0 Å². The van der Waals surface area contributed by atoms with Crippen molar-refractivity contribution < 1.29 is 34.9 Å². The molecular weight excluding hydrogens is 419 g/mol. The minimum absolute atomic E-state index is 0.249. The highest BCUT2D eigenvalue weighted by molar-refractivity contribution is 9.10. The third kappa shape index (κ3) is 5.87. The van der Waals surface area contributed by atoms with Crippen LogP contribution in [0.15, 0.2) is 26.5 Å². The number of benzene rings is 1. The smallest absolute Gasteiger partial charge is 0.254 e. The second-order valence-corrected chi connectivity index (χ2v) is 6.52. The molecule has 0 aliphatic carbocycles. The van der Waals surface area contributed by atoms with Crippen molar-refractivity contribution in [2.24, 2.45) is 4.99 Å². The van der Waals surface area contributed by atoms with Crippen LogP contribution in [0, 0.1) is 5.82 Å². The number of hydrogen-bond acceptors (Lipinski definition) is 2. The van der Waals surface area contributed by atoms with Crippen LogP contribution in [0.5, 0.6) is 0 Å². The fraction of sp³-hybridized carbons (Fsp3) is 0.417. The lowest BCUT2D eigenvalue weighted by molar-refractivity contribution is -0.105. The Labute approximate surface area is 137 Å². The molecule has 0 spiro atoms. The normalized spacial score (nSPS) is 14.9. The molecule has 0 bridgehead atoms. The molecule has 0 saturated heterocycles. The van der Waals surface area contributed by atoms with E-state index in [1.807, 2.05) is 0 Å². The van der Waals surface area contributed by atoms with Gasteiger partial charge in [0.05, 0.1) is 15.7 Å². The van der Waals surface area contributed by atoms with Crippen molar-refractivity contribution in [3.05, 3.63) is 22.4 Å². The summed E-state index contributed by atoms with van der Waals surface area (Å²) < 4.78 is 99.8. The standard InChI is InChI=1S/C12H9BrF7NOS/c1-2-10(12(18,19)20)21-8-4-9(6(13)3-7(8)14)23(22)5-11(15,16)17/h3-4H,2,5H2,1H3. The lowest BCUT2D eigenvalue weighted by atomic mass is 10.2. The first kappa shape index (κ1) is 20.1. The molecule has 0 amide bonds. The van der Waals surface area contributed by atoms with E-state index in [1.54, 1.807) is 0 Å². The molecule has 0 aliphatic rings. The van der Waals surface area contributed by atoms with Gasteiger partial charge in [-0.25, -0.2) is 9.38 Å². The molecule has 1 aromatic carbocycles. The topological polar surface area (TPSA) is 29.4 Å². The van der Waals surface area contributed by atoms with Gasteiger partial charge in [-0.1, -0.05) is 6.92 Å². The fourth-order valence-corrected chi connectivity index (χ4v) is 3.32. The molecule has 0 fully saturated rings. The summed E-state index contributed by atoms with van der Waals surface area (Å²) in [5.74, 6) is -2.89. The van der Waals surface area contributed by atoms with E-state index in [1.165, 1.54) is 0 Å². The lowest BCUT2D eigenvalue weighted by Gasteiger charge is -2.11. The average Bonchev–Trinajstić information content (AvgIpc) is 2.33. The zero-order chi connectivity index (χ0) is 18.0. The third-order valence-electron chi connectivity index (χ3n) is 2.46. The Kier molecular flexibility index (Phi) is 6.36. The van der Waals surface area contributed by atoms with Gasteiger partial charge in [0.1, 0.15) is 23.0 Å². The maximum Gasteiger partial charge on any atom is 0.429 e. The van der Waals surface area contributed by atoms with Crippen LogP contribution in [-0.4, -0.2) is 28.0 Å². The molecule has 23 heavy (non-hydrogen) atoms. The van der Waals surface area contributed by atoms with E-state index in [-0.39, 0.29) is 4.47 Å². The number of nitrogens with zero attached hydrogens (tertiary/aromatic N) is 1. The van der Waals surface area contributed by atoms with Crippen LogP contribution in [0.1, 0.15) is 13.3 Å². The van der Waals surface area contributed by atoms with Crippen molar-refractivity contribution in [2.75, 3.05) is 5.75 Å². The molecule has 0 radical (unpaired) electrons. The summed E-state index contributed by atoms with van der Waals surface area (Å²) in [5, 5.41) is 0. The van der Waals surface area contributed by atoms with E-state index in [0.29, 0.717) is 12.1 Å². The number of hydrogen-bond donors (Lipinski definition) is 0. The summed E-state index contributed by atoms with van der Waals surface area (Å²) in [7, 11) is -2.61. The van der Waals surface area contributed by atoms with Gasteiger partial charge in [0.25, 0.3) is 0 Å². The van der Waals surface area contributed by atoms with Crippen LogP contribution < -0.4 is 0 Å². The van der Waals surface area contributed by atoms with Gasteiger partial charge >= 0.3 is 12.4 Å². The van der Waals surface area contributed by atoms with Crippen LogP contribution >= 0.6 is 15.9 Å². The van der Waals surface area contributed by atoms with Crippen LogP contribution in [-0.2, 0) is 10.8 Å². The van der Waals surface area contributed by atoms with E-state index in [2.05, 4.69) is 20.9 Å². The predicted octanol–water partition coefficient (Wildman–Crippen LogP) is 5.30. The van der Waals surface area contributed by atoms with Crippen molar-refractivity contribution >= 4 is 38.1 Å². The Bertz CT molecular complexity index is 640. The van der Waals surface area contributed by atoms with Crippen LogP contribution in [0.25, 0.3) is 0 Å². The van der Waals surface area contributed by atoms with Gasteiger partial charge in [-0.2, -0.15) is 26.3 Å². The van der Waals surface area contributed by atoms with E-state index in [0.717, 1.165) is 6.92 Å². The molecule has 130 valence electrons. The molecule has 0 N–H and O–H groups in total. The Hall–Kier alpha value is -0.970. The average molecular weight is 428 g/mol. The van der Waals surface area contributed by atoms with Crippen LogP contribution in [0.4, 0.5) is 36.4 Å². The monoisotopic (exact) mass is 427 g/mol. The van der Waals surface area contributed by atoms with Gasteiger partial charge in [-0.15, -0.1) is 0 Å².